The van der Waals surface area contributed by atoms with Crippen LogP contribution >= 0.6 is 11.3 Å². The Hall–Kier alpha value is -3.10. The second-order valence-corrected chi connectivity index (χ2v) is 7.27. The molecule has 2 aromatic carbocycles. The topological polar surface area (TPSA) is 90.4 Å². The van der Waals surface area contributed by atoms with Crippen molar-refractivity contribution in [1.82, 2.24) is 10.2 Å². The van der Waals surface area contributed by atoms with E-state index >= 15 is 0 Å². The van der Waals surface area contributed by atoms with Gasteiger partial charge < -0.3 is 14.8 Å². The highest BCUT2D eigenvalue weighted by Gasteiger charge is 2.15. The largest absolute Gasteiger partial charge is 0.455 e. The second-order valence-electron chi connectivity index (χ2n) is 6.21. The van der Waals surface area contributed by atoms with Gasteiger partial charge in [-0.15, -0.1) is 10.2 Å². The first kappa shape index (κ1) is 20.6. The van der Waals surface area contributed by atoms with Gasteiger partial charge in [0.05, 0.1) is 12.2 Å². The number of benzene rings is 2. The van der Waals surface area contributed by atoms with E-state index in [4.69, 9.17) is 9.47 Å². The maximum Gasteiger partial charge on any atom is 0.338 e. The van der Waals surface area contributed by atoms with Crippen LogP contribution in [0.1, 0.15) is 43.2 Å². The third kappa shape index (κ3) is 5.69. The first-order valence-electron chi connectivity index (χ1n) is 9.06. The van der Waals surface area contributed by atoms with E-state index in [1.165, 1.54) is 5.56 Å². The summed E-state index contributed by atoms with van der Waals surface area (Å²) in [6.07, 6.45) is 0.935. The van der Waals surface area contributed by atoms with E-state index in [1.54, 1.807) is 31.4 Å². The van der Waals surface area contributed by atoms with Crippen LogP contribution < -0.4 is 5.32 Å². The quantitative estimate of drug-likeness (QED) is 0.566. The zero-order chi connectivity index (χ0) is 20.6. The minimum absolute atomic E-state index is 0.0468. The number of esters is 1. The van der Waals surface area contributed by atoms with Crippen LogP contribution in [0.25, 0.3) is 0 Å². The number of aromatic nitrogens is 2. The van der Waals surface area contributed by atoms with E-state index in [2.05, 4.69) is 22.4 Å². The zero-order valence-electron chi connectivity index (χ0n) is 16.2. The summed E-state index contributed by atoms with van der Waals surface area (Å²) < 4.78 is 10.3. The van der Waals surface area contributed by atoms with Crippen LogP contribution in [-0.2, 0) is 29.1 Å². The summed E-state index contributed by atoms with van der Waals surface area (Å²) in [5.41, 5.74) is 3.28. The number of nitrogens with zero attached hydrogens (tertiary/aromatic N) is 2. The van der Waals surface area contributed by atoms with Crippen molar-refractivity contribution in [3.8, 4) is 0 Å². The van der Waals surface area contributed by atoms with E-state index in [1.807, 2.05) is 24.3 Å². The van der Waals surface area contributed by atoms with Crippen LogP contribution in [0, 0.1) is 0 Å². The van der Waals surface area contributed by atoms with Gasteiger partial charge in [-0.05, 0) is 41.8 Å². The fourth-order valence-electron chi connectivity index (χ4n) is 2.53. The summed E-state index contributed by atoms with van der Waals surface area (Å²) in [4.78, 5) is 24.5. The molecular weight excluding hydrogens is 390 g/mol. The SMILES string of the molecule is CCc1ccc(NC(=O)c2nnc(COC(=O)c3ccc(COC)cc3)s2)cc1. The molecule has 0 aliphatic carbocycles. The molecule has 0 fully saturated rings. The highest BCUT2D eigenvalue weighted by atomic mass is 32.1. The number of nitrogens with one attached hydrogen (secondary N) is 1. The molecule has 0 bridgehead atoms. The molecule has 29 heavy (non-hydrogen) atoms. The van der Waals surface area contributed by atoms with Crippen LogP contribution in [0.4, 0.5) is 5.69 Å². The van der Waals surface area contributed by atoms with E-state index in [0.29, 0.717) is 22.9 Å². The molecule has 0 saturated heterocycles. The molecule has 1 heterocycles. The van der Waals surface area contributed by atoms with Gasteiger partial charge in [0.25, 0.3) is 5.91 Å². The van der Waals surface area contributed by atoms with Crippen molar-refractivity contribution < 1.29 is 19.1 Å². The van der Waals surface area contributed by atoms with Crippen LogP contribution in [0.15, 0.2) is 48.5 Å². The standard InChI is InChI=1S/C21H21N3O4S/c1-3-14-6-10-17(11-7-14)22-19(25)20-24-23-18(29-20)13-28-21(26)16-8-4-15(5-9-16)12-27-2/h4-11H,3,12-13H2,1-2H3,(H,22,25). The average Bonchev–Trinajstić information content (AvgIpc) is 3.23. The third-order valence-electron chi connectivity index (χ3n) is 4.11. The number of ether oxygens (including phenoxy) is 2. The molecule has 0 saturated carbocycles. The lowest BCUT2D eigenvalue weighted by molar-refractivity contribution is 0.0471. The summed E-state index contributed by atoms with van der Waals surface area (Å²) in [5.74, 6) is -0.816. The molecule has 1 amide bonds. The monoisotopic (exact) mass is 411 g/mol. The molecule has 0 atom stereocenters. The molecular formula is C21H21N3O4S. The Morgan fingerprint density at radius 1 is 0.966 bits per heavy atom. The minimum Gasteiger partial charge on any atom is -0.455 e. The highest BCUT2D eigenvalue weighted by Crippen LogP contribution is 2.16. The van der Waals surface area contributed by atoms with Gasteiger partial charge in [-0.2, -0.15) is 0 Å². The fourth-order valence-corrected chi connectivity index (χ4v) is 3.17. The summed E-state index contributed by atoms with van der Waals surface area (Å²) >= 11 is 1.09. The summed E-state index contributed by atoms with van der Waals surface area (Å²) in [6.45, 7) is 2.50. The van der Waals surface area contributed by atoms with Crippen molar-refractivity contribution in [2.45, 2.75) is 26.6 Å². The van der Waals surface area contributed by atoms with Crippen LogP contribution in [0.2, 0.25) is 0 Å². The molecule has 7 nitrogen and oxygen atoms in total. The Morgan fingerprint density at radius 3 is 2.31 bits per heavy atom. The van der Waals surface area contributed by atoms with Gasteiger partial charge in [-0.3, -0.25) is 4.79 Å². The number of methoxy groups -OCH3 is 1. The van der Waals surface area contributed by atoms with E-state index in [0.717, 1.165) is 23.3 Å². The Balaban J connectivity index is 1.53. The predicted octanol–water partition coefficient (Wildman–Crippen LogP) is 3.86. The molecule has 0 radical (unpaired) electrons. The summed E-state index contributed by atoms with van der Waals surface area (Å²) in [5, 5.41) is 11.2. The highest BCUT2D eigenvalue weighted by molar-refractivity contribution is 7.13. The van der Waals surface area contributed by atoms with Gasteiger partial charge in [0.1, 0.15) is 6.61 Å². The van der Waals surface area contributed by atoms with Gasteiger partial charge >= 0.3 is 5.97 Å². The molecule has 3 aromatic rings. The maximum atomic E-state index is 12.3. The fraction of sp³-hybridized carbons (Fsp3) is 0.238. The third-order valence-corrected chi connectivity index (χ3v) is 5.00. The normalized spacial score (nSPS) is 10.6. The molecule has 150 valence electrons. The van der Waals surface area contributed by atoms with Crippen LogP contribution in [-0.4, -0.2) is 29.2 Å². The van der Waals surface area contributed by atoms with Crippen molar-refractivity contribution in [2.75, 3.05) is 12.4 Å². The molecule has 1 N–H and O–H groups in total. The number of amides is 1. The van der Waals surface area contributed by atoms with Crippen molar-refractivity contribution in [3.63, 3.8) is 0 Å². The number of carbonyl (C=O) groups is 2. The second kappa shape index (κ2) is 9.90. The van der Waals surface area contributed by atoms with Crippen molar-refractivity contribution >= 4 is 28.9 Å². The van der Waals surface area contributed by atoms with E-state index in [9.17, 15) is 9.59 Å². The lowest BCUT2D eigenvalue weighted by Gasteiger charge is -2.04. The van der Waals surface area contributed by atoms with Gasteiger partial charge in [-0.1, -0.05) is 42.5 Å². The summed E-state index contributed by atoms with van der Waals surface area (Å²) in [7, 11) is 1.61. The Kier molecular flexibility index (Phi) is 7.04. The number of anilines is 1. The summed E-state index contributed by atoms with van der Waals surface area (Å²) in [6, 6.07) is 14.6. The van der Waals surface area contributed by atoms with E-state index in [-0.39, 0.29) is 17.5 Å². The van der Waals surface area contributed by atoms with Gasteiger partial charge in [-0.25, -0.2) is 4.79 Å². The van der Waals surface area contributed by atoms with Crippen molar-refractivity contribution in [1.29, 1.82) is 0 Å². The van der Waals surface area contributed by atoms with Gasteiger partial charge in [0, 0.05) is 12.8 Å². The minimum atomic E-state index is -0.466. The molecule has 0 unspecified atom stereocenters. The molecule has 8 heteroatoms. The smallest absolute Gasteiger partial charge is 0.338 e. The molecule has 0 aliphatic rings. The Morgan fingerprint density at radius 2 is 1.66 bits per heavy atom. The lowest BCUT2D eigenvalue weighted by Crippen LogP contribution is -2.11. The van der Waals surface area contributed by atoms with Gasteiger partial charge in [0.15, 0.2) is 5.01 Å². The molecule has 0 aliphatic heterocycles. The number of hydrogen-bond acceptors (Lipinski definition) is 7. The zero-order valence-corrected chi connectivity index (χ0v) is 17.0. The number of hydrogen-bond donors (Lipinski definition) is 1. The first-order chi connectivity index (χ1) is 14.1. The number of rotatable bonds is 8. The molecule has 3 rings (SSSR count). The van der Waals surface area contributed by atoms with Crippen molar-refractivity contribution in [3.05, 3.63) is 75.2 Å². The number of carbonyl (C=O) groups excluding carboxylic acids is 2. The predicted molar refractivity (Wildman–Crippen MR) is 110 cm³/mol. The molecule has 0 spiro atoms. The van der Waals surface area contributed by atoms with Crippen LogP contribution in [0.5, 0.6) is 0 Å². The average molecular weight is 411 g/mol. The van der Waals surface area contributed by atoms with E-state index < -0.39 is 5.97 Å². The molecule has 1 aromatic heterocycles. The Labute approximate surface area is 172 Å². The van der Waals surface area contributed by atoms with Crippen molar-refractivity contribution in [2.24, 2.45) is 0 Å². The number of aryl methyl sites for hydroxylation is 1. The Bertz CT molecular complexity index is 968. The van der Waals surface area contributed by atoms with Crippen LogP contribution in [0.3, 0.4) is 0 Å². The lowest BCUT2D eigenvalue weighted by atomic mass is 10.1. The van der Waals surface area contributed by atoms with Gasteiger partial charge in [0.2, 0.25) is 5.01 Å². The maximum absolute atomic E-state index is 12.3. The first-order valence-corrected chi connectivity index (χ1v) is 9.88.